The minimum Gasteiger partial charge on any atom is -0.550 e. The van der Waals surface area contributed by atoms with E-state index >= 15 is 0 Å². The molecule has 0 spiro atoms. The maximum atomic E-state index is 10.7. The summed E-state index contributed by atoms with van der Waals surface area (Å²) in [6.07, 6.45) is 8.31. The zero-order valence-corrected chi connectivity index (χ0v) is 21.7. The first kappa shape index (κ1) is 39.2. The van der Waals surface area contributed by atoms with Gasteiger partial charge in [0.25, 0.3) is 0 Å². The Morgan fingerprint density at radius 2 is 0.647 bits per heavy atom. The van der Waals surface area contributed by atoms with Crippen LogP contribution in [0.15, 0.2) is 0 Å². The number of rotatable bonds is 18. The minimum absolute atomic E-state index is 0. The first-order valence-corrected chi connectivity index (χ1v) is 11.6. The molecule has 0 aromatic heterocycles. The second-order valence-corrected chi connectivity index (χ2v) is 7.63. The quantitative estimate of drug-likeness (QED) is 0.142. The fraction of sp³-hybridized carbons (Fsp3) is 0.750. The number of hydrogen-bond acceptors (Lipinski definition) is 9. The second-order valence-electron chi connectivity index (χ2n) is 7.63. The van der Waals surface area contributed by atoms with E-state index in [-0.39, 0.29) is 34.4 Å². The Labute approximate surface area is 213 Å². The van der Waals surface area contributed by atoms with Gasteiger partial charge in [-0.1, -0.05) is 59.3 Å². The molecule has 0 aliphatic rings. The zero-order chi connectivity index (χ0) is 26.1. The summed E-state index contributed by atoms with van der Waals surface area (Å²) >= 11 is 0. The molecule has 0 rings (SSSR count). The summed E-state index contributed by atoms with van der Waals surface area (Å²) < 4.78 is 0. The van der Waals surface area contributed by atoms with Gasteiger partial charge < -0.3 is 29.7 Å². The summed E-state index contributed by atoms with van der Waals surface area (Å²) in [5.41, 5.74) is 0. The van der Waals surface area contributed by atoms with Crippen LogP contribution in [-0.4, -0.2) is 35.3 Å². The van der Waals surface area contributed by atoms with Crippen molar-refractivity contribution in [1.82, 2.24) is 0 Å². The monoisotopic (exact) mass is 527 g/mol. The summed E-state index contributed by atoms with van der Waals surface area (Å²) in [7, 11) is 0. The number of Topliss-reactive ketones (excluding diaryl/α,β-unsaturated/α-hetero) is 3. The third kappa shape index (κ3) is 40.3. The number of carbonyl (C=O) groups excluding carboxylic acids is 6. The van der Waals surface area contributed by atoms with Crippen molar-refractivity contribution in [2.45, 2.75) is 117 Å². The van der Waals surface area contributed by atoms with Crippen molar-refractivity contribution < 1.29 is 61.2 Å². The summed E-state index contributed by atoms with van der Waals surface area (Å²) in [6, 6.07) is 0. The molecular formula is C24H39FeO9. The molecule has 0 aliphatic carbocycles. The van der Waals surface area contributed by atoms with Gasteiger partial charge in [-0.05, 0) is 19.3 Å². The smallest absolute Gasteiger partial charge is 0.550 e. The standard InChI is InChI=1S/3C8H14O3.Fe/c3*1-2-3-4-5-7(9)6-8(10)11;/h3*2-6H2,1H3,(H,10,11);/q;;;+3/p-3. The van der Waals surface area contributed by atoms with Gasteiger partial charge in [-0.3, -0.25) is 14.4 Å². The van der Waals surface area contributed by atoms with Crippen molar-refractivity contribution in [2.75, 3.05) is 0 Å². The van der Waals surface area contributed by atoms with E-state index in [1.807, 2.05) is 20.8 Å². The van der Waals surface area contributed by atoms with Crippen LogP contribution in [0.3, 0.4) is 0 Å². The summed E-state index contributed by atoms with van der Waals surface area (Å²) in [6.45, 7) is 6.09. The van der Waals surface area contributed by atoms with Crippen LogP contribution in [0, 0.1) is 0 Å². The third-order valence-corrected chi connectivity index (χ3v) is 4.20. The molecule has 1 radical (unpaired) electrons. The van der Waals surface area contributed by atoms with Gasteiger partial charge in [0.05, 0.1) is 0 Å². The van der Waals surface area contributed by atoms with Crippen LogP contribution in [0.1, 0.15) is 117 Å². The Bertz CT molecular complexity index is 508. The molecule has 0 bridgehead atoms. The Morgan fingerprint density at radius 3 is 0.794 bits per heavy atom. The van der Waals surface area contributed by atoms with Gasteiger partial charge in [0, 0.05) is 56.4 Å². The molecule has 0 N–H and O–H groups in total. The Kier molecular flexibility index (Phi) is 33.4. The van der Waals surface area contributed by atoms with Crippen LogP contribution >= 0.6 is 0 Å². The number of carboxylic acid groups (broad SMARTS) is 3. The van der Waals surface area contributed by atoms with Gasteiger partial charge >= 0.3 is 17.1 Å². The van der Waals surface area contributed by atoms with Crippen LogP contribution in [-0.2, 0) is 45.8 Å². The second kappa shape index (κ2) is 29.0. The maximum absolute atomic E-state index is 10.7. The molecule has 9 nitrogen and oxygen atoms in total. The minimum atomic E-state index is -1.27. The molecular weight excluding hydrogens is 488 g/mol. The van der Waals surface area contributed by atoms with E-state index in [0.29, 0.717) is 19.3 Å². The van der Waals surface area contributed by atoms with E-state index < -0.39 is 37.2 Å². The maximum Gasteiger partial charge on any atom is 3.00 e. The molecule has 0 aliphatic heterocycles. The predicted molar refractivity (Wildman–Crippen MR) is 116 cm³/mol. The normalized spacial score (nSPS) is 9.26. The Balaban J connectivity index is -0.000000196. The molecule has 0 saturated carbocycles. The molecule has 197 valence electrons. The molecule has 34 heavy (non-hydrogen) atoms. The van der Waals surface area contributed by atoms with Crippen LogP contribution in [0.2, 0.25) is 0 Å². The first-order valence-electron chi connectivity index (χ1n) is 11.6. The van der Waals surface area contributed by atoms with Crippen molar-refractivity contribution in [1.29, 1.82) is 0 Å². The molecule has 0 atom stereocenters. The van der Waals surface area contributed by atoms with Crippen LogP contribution in [0.25, 0.3) is 0 Å². The Morgan fingerprint density at radius 1 is 0.441 bits per heavy atom. The van der Waals surface area contributed by atoms with E-state index in [4.69, 9.17) is 0 Å². The SMILES string of the molecule is CCCCCC(=O)CC(=O)[O-].CCCCCC(=O)CC(=O)[O-].CCCCCC(=O)CC(=O)[O-].[Fe+3]. The van der Waals surface area contributed by atoms with E-state index in [1.165, 1.54) is 0 Å². The fourth-order valence-electron chi connectivity index (χ4n) is 2.46. The number of carboxylic acids is 3. The summed E-state index contributed by atoms with van der Waals surface area (Å²) in [4.78, 5) is 61.9. The number of carbonyl (C=O) groups is 6. The van der Waals surface area contributed by atoms with Gasteiger partial charge in [0.1, 0.15) is 17.3 Å². The molecule has 0 unspecified atom stereocenters. The van der Waals surface area contributed by atoms with Crippen molar-refractivity contribution >= 4 is 35.3 Å². The van der Waals surface area contributed by atoms with Gasteiger partial charge in [-0.25, -0.2) is 0 Å². The zero-order valence-electron chi connectivity index (χ0n) is 20.6. The molecule has 0 saturated heterocycles. The summed E-state index contributed by atoms with van der Waals surface area (Å²) in [5.74, 6) is -4.49. The largest absolute Gasteiger partial charge is 3.00 e. The predicted octanol–water partition coefficient (Wildman–Crippen LogP) is 0.825. The third-order valence-electron chi connectivity index (χ3n) is 4.20. The molecule has 0 amide bonds. The van der Waals surface area contributed by atoms with E-state index in [9.17, 15) is 44.1 Å². The number of ketones is 3. The van der Waals surface area contributed by atoms with E-state index in [0.717, 1.165) is 57.8 Å². The van der Waals surface area contributed by atoms with E-state index in [1.54, 1.807) is 0 Å². The molecule has 10 heteroatoms. The molecule has 0 aromatic rings. The van der Waals surface area contributed by atoms with Gasteiger partial charge in [0.15, 0.2) is 0 Å². The van der Waals surface area contributed by atoms with E-state index in [2.05, 4.69) is 0 Å². The molecule has 0 heterocycles. The van der Waals surface area contributed by atoms with Crippen LogP contribution < -0.4 is 15.3 Å². The Hall–Kier alpha value is -2.06. The van der Waals surface area contributed by atoms with Crippen molar-refractivity contribution in [3.8, 4) is 0 Å². The number of aliphatic carboxylic acids is 3. The first-order chi connectivity index (χ1) is 15.5. The van der Waals surface area contributed by atoms with Gasteiger partial charge in [-0.15, -0.1) is 0 Å². The fourth-order valence-corrected chi connectivity index (χ4v) is 2.46. The average molecular weight is 527 g/mol. The van der Waals surface area contributed by atoms with Crippen molar-refractivity contribution in [2.24, 2.45) is 0 Å². The summed E-state index contributed by atoms with van der Waals surface area (Å²) in [5, 5.41) is 29.7. The topological polar surface area (TPSA) is 172 Å². The number of unbranched alkanes of at least 4 members (excludes halogenated alkanes) is 6. The average Bonchev–Trinajstić information content (AvgIpc) is 2.68. The van der Waals surface area contributed by atoms with Crippen molar-refractivity contribution in [3.05, 3.63) is 0 Å². The van der Waals surface area contributed by atoms with Gasteiger partial charge in [-0.2, -0.15) is 0 Å². The molecule has 0 fully saturated rings. The van der Waals surface area contributed by atoms with Gasteiger partial charge in [0.2, 0.25) is 0 Å². The number of hydrogen-bond donors (Lipinski definition) is 0. The molecule has 0 aromatic carbocycles. The van der Waals surface area contributed by atoms with Crippen LogP contribution in [0.5, 0.6) is 0 Å². The van der Waals surface area contributed by atoms with Crippen molar-refractivity contribution in [3.63, 3.8) is 0 Å². The van der Waals surface area contributed by atoms with Crippen LogP contribution in [0.4, 0.5) is 0 Å².